The molecule has 7 aliphatic carbocycles. The summed E-state index contributed by atoms with van der Waals surface area (Å²) in [5, 5.41) is 0. The highest BCUT2D eigenvalue weighted by atomic mass is 14.8. The van der Waals surface area contributed by atoms with E-state index in [2.05, 4.69) is 83.1 Å². The van der Waals surface area contributed by atoms with Gasteiger partial charge in [0.2, 0.25) is 0 Å². The zero-order valence-electron chi connectivity index (χ0n) is 26.2. The van der Waals surface area contributed by atoms with E-state index in [0.29, 0.717) is 21.7 Å². The minimum atomic E-state index is 0.553. The van der Waals surface area contributed by atoms with Crippen molar-refractivity contribution in [2.24, 2.45) is 92.7 Å². The van der Waals surface area contributed by atoms with Gasteiger partial charge in [-0.3, -0.25) is 0 Å². The van der Waals surface area contributed by atoms with E-state index in [1.807, 2.05) is 0 Å². The standard InChI is InChI=1S/C18H28.C18H32/c1-9-10(2)12-7-11(9)15-13-8-14(16(12)15)18(5,6)17(13,3)4;1-7-11-9-12(8-2)16-14-10-13(15(11)16)17(3,4)18(14,5)6/h11-16H,7-8H2,1-6H3;11-16H,7-10H2,1-6H3. The number of fused-ring (bicyclic) bond motifs is 14. The Labute approximate surface area is 225 Å². The lowest BCUT2D eigenvalue weighted by molar-refractivity contribution is -0.0403. The molecule has 6 saturated carbocycles. The quantitative estimate of drug-likeness (QED) is 0.265. The first-order valence-electron chi connectivity index (χ1n) is 16.3. The molecule has 0 aromatic rings. The molecule has 0 heterocycles. The monoisotopic (exact) mass is 492 g/mol. The summed E-state index contributed by atoms with van der Waals surface area (Å²) in [5.41, 5.74) is 5.79. The molecule has 0 amide bonds. The lowest BCUT2D eigenvalue weighted by atomic mass is 9.51. The lowest BCUT2D eigenvalue weighted by Gasteiger charge is -2.53. The van der Waals surface area contributed by atoms with Gasteiger partial charge in [-0.2, -0.15) is 0 Å². The Balaban J connectivity index is 0.000000133. The van der Waals surface area contributed by atoms with Crippen LogP contribution in [0.1, 0.15) is 122 Å². The second-order valence-electron chi connectivity index (χ2n) is 17.5. The molecule has 0 heteroatoms. The molecule has 6 bridgehead atoms. The molecule has 0 aromatic carbocycles. The van der Waals surface area contributed by atoms with Crippen molar-refractivity contribution in [3.8, 4) is 0 Å². The van der Waals surface area contributed by atoms with Gasteiger partial charge < -0.3 is 0 Å². The largest absolute Gasteiger partial charge is 0.0707 e. The van der Waals surface area contributed by atoms with Crippen LogP contribution in [0.15, 0.2) is 11.1 Å². The third kappa shape index (κ3) is 2.80. The van der Waals surface area contributed by atoms with Crippen molar-refractivity contribution in [2.75, 3.05) is 0 Å². The van der Waals surface area contributed by atoms with Crippen LogP contribution in [0.3, 0.4) is 0 Å². The highest BCUT2D eigenvalue weighted by molar-refractivity contribution is 5.34. The molecule has 204 valence electrons. The van der Waals surface area contributed by atoms with Crippen molar-refractivity contribution < 1.29 is 0 Å². The molecule has 0 saturated heterocycles. The van der Waals surface area contributed by atoms with Gasteiger partial charge in [-0.05, 0) is 132 Å². The fraction of sp³-hybridized carbons (Fsp3) is 0.944. The van der Waals surface area contributed by atoms with Crippen LogP contribution in [0.4, 0.5) is 0 Å². The molecule has 0 radical (unpaired) electrons. The highest BCUT2D eigenvalue weighted by Gasteiger charge is 2.71. The van der Waals surface area contributed by atoms with Crippen molar-refractivity contribution in [3.63, 3.8) is 0 Å². The van der Waals surface area contributed by atoms with Gasteiger partial charge in [-0.25, -0.2) is 0 Å². The summed E-state index contributed by atoms with van der Waals surface area (Å²) in [6, 6.07) is 0. The molecule has 0 spiro atoms. The van der Waals surface area contributed by atoms with Gasteiger partial charge in [0.15, 0.2) is 0 Å². The molecule has 12 unspecified atom stereocenters. The number of hydrogen-bond acceptors (Lipinski definition) is 0. The van der Waals surface area contributed by atoms with Gasteiger partial charge in [-0.1, -0.05) is 93.2 Å². The van der Waals surface area contributed by atoms with E-state index in [0.717, 1.165) is 71.0 Å². The van der Waals surface area contributed by atoms with Gasteiger partial charge >= 0.3 is 0 Å². The number of hydrogen-bond donors (Lipinski definition) is 0. The van der Waals surface area contributed by atoms with E-state index < -0.39 is 0 Å². The second kappa shape index (κ2) is 7.68. The average Bonchev–Trinajstić information content (AvgIpc) is 3.60. The van der Waals surface area contributed by atoms with E-state index in [-0.39, 0.29) is 0 Å². The maximum Gasteiger partial charge on any atom is -0.0163 e. The summed E-state index contributed by atoms with van der Waals surface area (Å²) in [7, 11) is 0. The molecule has 36 heavy (non-hydrogen) atoms. The molecule has 0 aliphatic heterocycles. The van der Waals surface area contributed by atoms with Gasteiger partial charge in [-0.15, -0.1) is 0 Å². The van der Waals surface area contributed by atoms with Crippen molar-refractivity contribution in [1.82, 2.24) is 0 Å². The van der Waals surface area contributed by atoms with Crippen LogP contribution < -0.4 is 0 Å². The minimum absolute atomic E-state index is 0.553. The fourth-order valence-corrected chi connectivity index (χ4v) is 13.3. The predicted octanol–water partition coefficient (Wildman–Crippen LogP) is 10.3. The van der Waals surface area contributed by atoms with Crippen LogP contribution >= 0.6 is 0 Å². The fourth-order valence-electron chi connectivity index (χ4n) is 13.3. The maximum absolute atomic E-state index is 2.57. The third-order valence-electron chi connectivity index (χ3n) is 16.7. The van der Waals surface area contributed by atoms with Gasteiger partial charge in [0.25, 0.3) is 0 Å². The Morgan fingerprint density at radius 2 is 0.778 bits per heavy atom. The van der Waals surface area contributed by atoms with E-state index >= 15 is 0 Å². The van der Waals surface area contributed by atoms with Crippen molar-refractivity contribution >= 4 is 0 Å². The van der Waals surface area contributed by atoms with E-state index in [4.69, 9.17) is 0 Å². The maximum atomic E-state index is 2.57. The Bertz CT molecular complexity index is 869. The molecule has 0 nitrogen and oxygen atoms in total. The van der Waals surface area contributed by atoms with Crippen molar-refractivity contribution in [1.29, 1.82) is 0 Å². The van der Waals surface area contributed by atoms with Crippen LogP contribution in [0.25, 0.3) is 0 Å². The number of allylic oxidation sites excluding steroid dienone is 2. The molecular formula is C36H60. The highest BCUT2D eigenvalue weighted by Crippen LogP contribution is 2.78. The molecule has 0 N–H and O–H groups in total. The average molecular weight is 493 g/mol. The predicted molar refractivity (Wildman–Crippen MR) is 154 cm³/mol. The van der Waals surface area contributed by atoms with Crippen molar-refractivity contribution in [3.05, 3.63) is 11.1 Å². The first kappa shape index (κ1) is 26.0. The molecular weight excluding hydrogens is 432 g/mol. The van der Waals surface area contributed by atoms with Gasteiger partial charge in [0.05, 0.1) is 0 Å². The van der Waals surface area contributed by atoms with E-state index in [9.17, 15) is 0 Å². The summed E-state index contributed by atoms with van der Waals surface area (Å²) in [5.74, 6) is 12.3. The normalized spacial score (nSPS) is 53.0. The minimum Gasteiger partial charge on any atom is -0.0707 e. The summed E-state index contributed by atoms with van der Waals surface area (Å²) in [6.07, 6.45) is 8.98. The van der Waals surface area contributed by atoms with Crippen LogP contribution in [0.2, 0.25) is 0 Å². The molecule has 12 atom stereocenters. The first-order valence-corrected chi connectivity index (χ1v) is 16.3. The number of rotatable bonds is 2. The third-order valence-corrected chi connectivity index (χ3v) is 16.7. The molecule has 7 aliphatic rings. The Hall–Kier alpha value is -0.260. The molecule has 0 aromatic heterocycles. The first-order chi connectivity index (χ1) is 16.6. The second-order valence-corrected chi connectivity index (χ2v) is 17.5. The zero-order valence-corrected chi connectivity index (χ0v) is 26.2. The smallest absolute Gasteiger partial charge is 0.0163 e. The topological polar surface area (TPSA) is 0 Å². The van der Waals surface area contributed by atoms with Crippen LogP contribution in [-0.2, 0) is 0 Å². The SMILES string of the molecule is CC1=C(C)C2CC1C1C2C2CC1C(C)(C)C2(C)C.CCC1CC(CC)C2C1C1CC2C(C)(C)C1(C)C. The zero-order chi connectivity index (χ0) is 26.3. The van der Waals surface area contributed by atoms with Crippen LogP contribution in [-0.4, -0.2) is 0 Å². The molecule has 7 rings (SSSR count). The summed E-state index contributed by atoms with van der Waals surface area (Å²) in [6.45, 7) is 30.3. The Kier molecular flexibility index (Phi) is 5.55. The van der Waals surface area contributed by atoms with Gasteiger partial charge in [0, 0.05) is 0 Å². The lowest BCUT2D eigenvalue weighted by Crippen LogP contribution is -2.48. The van der Waals surface area contributed by atoms with Crippen LogP contribution in [0, 0.1) is 92.7 Å². The van der Waals surface area contributed by atoms with Crippen molar-refractivity contribution in [2.45, 2.75) is 122 Å². The van der Waals surface area contributed by atoms with Crippen LogP contribution in [0.5, 0.6) is 0 Å². The summed E-state index contributed by atoms with van der Waals surface area (Å²) >= 11 is 0. The summed E-state index contributed by atoms with van der Waals surface area (Å²) < 4.78 is 0. The Morgan fingerprint density at radius 3 is 1.08 bits per heavy atom. The van der Waals surface area contributed by atoms with Gasteiger partial charge in [0.1, 0.15) is 0 Å². The van der Waals surface area contributed by atoms with E-state index in [1.54, 1.807) is 24.0 Å². The van der Waals surface area contributed by atoms with E-state index in [1.165, 1.54) is 25.7 Å². The molecule has 6 fully saturated rings. The summed E-state index contributed by atoms with van der Waals surface area (Å²) in [4.78, 5) is 0. The Morgan fingerprint density at radius 1 is 0.472 bits per heavy atom.